The number of nitrogens with one attached hydrogen (secondary N) is 1. The second-order valence-electron chi connectivity index (χ2n) is 8.48. The van der Waals surface area contributed by atoms with Crippen LogP contribution in [0.4, 0.5) is 0 Å². The Morgan fingerprint density at radius 2 is 1.97 bits per heavy atom. The van der Waals surface area contributed by atoms with Crippen molar-refractivity contribution in [2.45, 2.75) is 30.3 Å². The molecule has 2 aromatic carbocycles. The molecule has 1 atom stereocenters. The molecule has 2 aliphatic rings. The minimum atomic E-state index is -1.90. The number of fused-ring (bicyclic) bond motifs is 2. The predicted molar refractivity (Wildman–Crippen MR) is 123 cm³/mol. The molecule has 3 heterocycles. The Kier molecular flexibility index (Phi) is 7.82. The fourth-order valence-corrected chi connectivity index (χ4v) is 15.3. The van der Waals surface area contributed by atoms with Crippen molar-refractivity contribution in [1.29, 1.82) is 0 Å². The van der Waals surface area contributed by atoms with Crippen molar-refractivity contribution in [3.63, 3.8) is 0 Å². The number of benzene rings is 2. The van der Waals surface area contributed by atoms with Crippen molar-refractivity contribution in [3.05, 3.63) is 71.9 Å². The zero-order valence-corrected chi connectivity index (χ0v) is 22.9. The van der Waals surface area contributed by atoms with E-state index in [1.165, 1.54) is 52.1 Å². The molecule has 1 aromatic heterocycles. The van der Waals surface area contributed by atoms with E-state index in [2.05, 4.69) is 72.5 Å². The fourth-order valence-electron chi connectivity index (χ4n) is 5.11. The Morgan fingerprint density at radius 1 is 1.10 bits per heavy atom. The average molecular weight is 528 g/mol. The maximum atomic E-state index is 3.70. The molecule has 3 aromatic rings. The summed E-state index contributed by atoms with van der Waals surface area (Å²) in [6.07, 6.45) is 5.11. The minimum absolute atomic E-state index is 0. The second-order valence-corrected chi connectivity index (χ2v) is 17.8. The zero-order valence-electron chi connectivity index (χ0n) is 18.0. The van der Waals surface area contributed by atoms with Crippen LogP contribution < -0.4 is 14.3 Å². The molecule has 1 saturated heterocycles. The molecule has 2 nitrogen and oxygen atoms in total. The van der Waals surface area contributed by atoms with E-state index in [0.29, 0.717) is 0 Å². The number of hydrogen-bond donors (Lipinski definition) is 1. The molecule has 5 rings (SSSR count). The standard InChI is InChI=1S/C25H27GeN2.B.Y/c1-19-10-11-21(20-7-4-3-5-8-20)15-23(19)25-16-22-9-6-12-26(13-14-27-18-26)24(22)17-28(25)2;;/h3-5,7,10-11,16-17,27H,6,9,12-14,18H2,1-2H3;;/q-1;;. The summed E-state index contributed by atoms with van der Waals surface area (Å²) < 4.78 is 4.12. The van der Waals surface area contributed by atoms with E-state index in [9.17, 15) is 0 Å². The van der Waals surface area contributed by atoms with E-state index in [0.717, 1.165) is 11.1 Å². The summed E-state index contributed by atoms with van der Waals surface area (Å²) in [5.74, 6) is 0. The molecule has 0 bridgehead atoms. The number of aromatic nitrogens is 1. The van der Waals surface area contributed by atoms with Gasteiger partial charge in [0.15, 0.2) is 0 Å². The van der Waals surface area contributed by atoms with Crippen LogP contribution in [0, 0.1) is 19.1 Å². The Morgan fingerprint density at radius 3 is 2.70 bits per heavy atom. The van der Waals surface area contributed by atoms with E-state index in [1.54, 1.807) is 9.96 Å². The quantitative estimate of drug-likeness (QED) is 0.308. The van der Waals surface area contributed by atoms with Crippen molar-refractivity contribution < 1.29 is 37.3 Å². The third kappa shape index (κ3) is 4.28. The molecule has 1 spiro atoms. The Balaban J connectivity index is 0.00000128. The molecular formula is C25H27BGeN2Y-. The van der Waals surface area contributed by atoms with Gasteiger partial charge in [0.2, 0.25) is 0 Å². The SMILES string of the molecule is Cc1ccc(-c2[c-]cccc2)[c-]c1-c1cc2[c](c[n+]1C)[Ge]1([CH2]CC2)[CH2]CN[CH2]1.[B].[Y]. The van der Waals surface area contributed by atoms with Crippen LogP contribution in [-0.2, 0) is 46.2 Å². The summed E-state index contributed by atoms with van der Waals surface area (Å²) in [7, 11) is 2.22. The van der Waals surface area contributed by atoms with Gasteiger partial charge >= 0.3 is 171 Å². The Hall–Kier alpha value is -0.738. The smallest absolute Gasteiger partial charge is 0 e. The molecule has 148 valence electrons. The summed E-state index contributed by atoms with van der Waals surface area (Å²) in [5, 5.41) is 7.96. The number of hydrogen-bond acceptors (Lipinski definition) is 1. The van der Waals surface area contributed by atoms with Crippen molar-refractivity contribution in [2.24, 2.45) is 7.05 Å². The average Bonchev–Trinajstić information content (AvgIpc) is 3.19. The summed E-state index contributed by atoms with van der Waals surface area (Å²) in [5.41, 5.74) is 7.64. The third-order valence-electron chi connectivity index (χ3n) is 6.69. The normalized spacial score (nSPS) is 19.7. The monoisotopic (exact) mass is 529 g/mol. The number of aryl methyl sites for hydroxylation is 3. The summed E-state index contributed by atoms with van der Waals surface area (Å²) in [6, 6.07) is 22.1. The molecule has 2 aliphatic heterocycles. The molecule has 1 fully saturated rings. The fraction of sp³-hybridized carbons (Fsp3) is 0.320. The van der Waals surface area contributed by atoms with Gasteiger partial charge in [0.1, 0.15) is 0 Å². The second kappa shape index (κ2) is 9.81. The van der Waals surface area contributed by atoms with Gasteiger partial charge in [0.05, 0.1) is 0 Å². The Bertz CT molecular complexity index is 1030. The molecule has 0 saturated carbocycles. The molecule has 0 aliphatic carbocycles. The maximum Gasteiger partial charge on any atom is 0 e. The van der Waals surface area contributed by atoms with Gasteiger partial charge in [-0.1, -0.05) is 0 Å². The van der Waals surface area contributed by atoms with Crippen molar-refractivity contribution in [3.8, 4) is 22.4 Å². The largest absolute Gasteiger partial charge is 0 e. The van der Waals surface area contributed by atoms with Crippen LogP contribution in [0.5, 0.6) is 0 Å². The molecular weight excluding hydrogens is 501 g/mol. The van der Waals surface area contributed by atoms with Gasteiger partial charge in [0, 0.05) is 41.1 Å². The first-order valence-corrected chi connectivity index (χ1v) is 15.9. The molecule has 5 heteroatoms. The number of pyridine rings is 1. The first-order chi connectivity index (χ1) is 13.7. The molecule has 0 amide bonds. The van der Waals surface area contributed by atoms with Gasteiger partial charge in [0.25, 0.3) is 0 Å². The van der Waals surface area contributed by atoms with E-state index >= 15 is 0 Å². The summed E-state index contributed by atoms with van der Waals surface area (Å²) in [6.45, 7) is 3.43. The van der Waals surface area contributed by atoms with Gasteiger partial charge in [-0.2, -0.15) is 0 Å². The first-order valence-electron chi connectivity index (χ1n) is 10.4. The Labute approximate surface area is 210 Å². The number of nitrogens with zero attached hydrogens (tertiary/aromatic N) is 1. The topological polar surface area (TPSA) is 15.9 Å². The summed E-state index contributed by atoms with van der Waals surface area (Å²) in [4.78, 5) is 0. The van der Waals surface area contributed by atoms with Crippen LogP contribution in [0.2, 0.25) is 10.5 Å². The van der Waals surface area contributed by atoms with Crippen LogP contribution in [0.15, 0.2) is 48.7 Å². The van der Waals surface area contributed by atoms with Crippen LogP contribution in [0.1, 0.15) is 17.5 Å². The van der Waals surface area contributed by atoms with Crippen molar-refractivity contribution in [1.82, 2.24) is 5.32 Å². The minimum Gasteiger partial charge on any atom is 0 e. The molecule has 1 unspecified atom stereocenters. The van der Waals surface area contributed by atoms with Gasteiger partial charge in [-0.15, -0.1) is 0 Å². The molecule has 1 N–H and O–H groups in total. The van der Waals surface area contributed by atoms with Crippen LogP contribution in [-0.4, -0.2) is 33.6 Å². The van der Waals surface area contributed by atoms with Crippen molar-refractivity contribution in [2.75, 3.05) is 11.9 Å². The first kappa shape index (κ1) is 23.9. The van der Waals surface area contributed by atoms with Gasteiger partial charge in [-0.25, -0.2) is 0 Å². The predicted octanol–water partition coefficient (Wildman–Crippen LogP) is 3.12. The van der Waals surface area contributed by atoms with Crippen LogP contribution in [0.3, 0.4) is 0 Å². The van der Waals surface area contributed by atoms with E-state index < -0.39 is 13.3 Å². The zero-order chi connectivity index (χ0) is 19.1. The summed E-state index contributed by atoms with van der Waals surface area (Å²) >= 11 is -1.90. The molecule has 30 heavy (non-hydrogen) atoms. The third-order valence-corrected chi connectivity index (χ3v) is 17.3. The van der Waals surface area contributed by atoms with Gasteiger partial charge < -0.3 is 0 Å². The van der Waals surface area contributed by atoms with Gasteiger partial charge in [-0.3, -0.25) is 0 Å². The van der Waals surface area contributed by atoms with E-state index in [1.807, 2.05) is 12.1 Å². The maximum absolute atomic E-state index is 3.70. The van der Waals surface area contributed by atoms with Gasteiger partial charge in [-0.05, 0) is 0 Å². The molecule has 4 radical (unpaired) electrons. The number of rotatable bonds is 2. The van der Waals surface area contributed by atoms with E-state index in [4.69, 9.17) is 0 Å². The van der Waals surface area contributed by atoms with E-state index in [-0.39, 0.29) is 41.1 Å². The van der Waals surface area contributed by atoms with Crippen molar-refractivity contribution >= 4 is 26.1 Å². The van der Waals surface area contributed by atoms with Crippen LogP contribution >= 0.6 is 0 Å². The van der Waals surface area contributed by atoms with Crippen LogP contribution in [0.25, 0.3) is 22.4 Å².